The minimum Gasteiger partial charge on any atom is -0.388 e. The molecule has 0 bridgehead atoms. The number of nitrogens with one attached hydrogen (secondary N) is 1. The number of nitrogens with zero attached hydrogens (tertiary/aromatic N) is 4. The van der Waals surface area contributed by atoms with Crippen molar-refractivity contribution in [3.05, 3.63) is 24.5 Å². The zero-order chi connectivity index (χ0) is 16.2. The van der Waals surface area contributed by atoms with Crippen LogP contribution in [0.25, 0.3) is 17.2 Å². The lowest BCUT2D eigenvalue weighted by atomic mass is 9.96. The van der Waals surface area contributed by atoms with Crippen molar-refractivity contribution in [3.8, 4) is 0 Å². The van der Waals surface area contributed by atoms with E-state index in [2.05, 4.69) is 20.3 Å². The zero-order valence-corrected chi connectivity index (χ0v) is 14.0. The molecule has 4 rings (SSSR count). The molecule has 2 aromatic heterocycles. The van der Waals surface area contributed by atoms with Gasteiger partial charge >= 0.3 is 0 Å². The largest absolute Gasteiger partial charge is 0.388 e. The van der Waals surface area contributed by atoms with Gasteiger partial charge in [-0.2, -0.15) is 0 Å². The molecule has 2 fully saturated rings. The first-order chi connectivity index (χ1) is 11.9. The van der Waals surface area contributed by atoms with E-state index in [1.807, 2.05) is 23.2 Å². The Hall–Kier alpha value is -1.95. The van der Waals surface area contributed by atoms with Crippen molar-refractivity contribution < 1.29 is 4.74 Å². The third kappa shape index (κ3) is 3.29. The Balaban J connectivity index is 1.52. The van der Waals surface area contributed by atoms with E-state index in [4.69, 9.17) is 4.74 Å². The van der Waals surface area contributed by atoms with E-state index in [0.717, 1.165) is 36.3 Å². The fourth-order valence-electron chi connectivity index (χ4n) is 3.68. The molecule has 6 nitrogen and oxygen atoms in total. The van der Waals surface area contributed by atoms with Crippen LogP contribution in [0.15, 0.2) is 18.9 Å². The molecule has 24 heavy (non-hydrogen) atoms. The summed E-state index contributed by atoms with van der Waals surface area (Å²) in [5.41, 5.74) is 2.56. The summed E-state index contributed by atoms with van der Waals surface area (Å²) in [6, 6.07) is 0.598. The van der Waals surface area contributed by atoms with E-state index in [9.17, 15) is 0 Å². The molecular weight excluding hydrogens is 302 g/mol. The van der Waals surface area contributed by atoms with Crippen molar-refractivity contribution in [2.75, 3.05) is 6.61 Å². The molecule has 1 saturated carbocycles. The van der Waals surface area contributed by atoms with E-state index >= 15 is 0 Å². The summed E-state index contributed by atoms with van der Waals surface area (Å²) >= 11 is 0. The molecule has 2 aliphatic rings. The van der Waals surface area contributed by atoms with Gasteiger partial charge in [-0.1, -0.05) is 19.3 Å². The van der Waals surface area contributed by atoms with Gasteiger partial charge in [0.15, 0.2) is 5.65 Å². The van der Waals surface area contributed by atoms with Gasteiger partial charge in [0.05, 0.1) is 12.0 Å². The molecule has 0 amide bonds. The summed E-state index contributed by atoms with van der Waals surface area (Å²) in [4.78, 5) is 13.4. The van der Waals surface area contributed by atoms with Crippen molar-refractivity contribution in [2.24, 2.45) is 0 Å². The standard InChI is InChI=1S/C18H25N5O/c1-2-6-14(7-3-1)19-10-9-15-17-18(21-12-20-15)23(13-22-17)16-8-4-5-11-24-16/h9-10,12-14,16,19H,1-8,11H2/b10-9-. The number of hydrogen-bond donors (Lipinski definition) is 1. The number of aromatic nitrogens is 4. The second-order valence-electron chi connectivity index (χ2n) is 6.74. The Labute approximate surface area is 142 Å². The minimum atomic E-state index is 0.0517. The summed E-state index contributed by atoms with van der Waals surface area (Å²) < 4.78 is 7.91. The molecule has 1 aliphatic heterocycles. The summed E-state index contributed by atoms with van der Waals surface area (Å²) in [5, 5.41) is 3.50. The molecule has 0 spiro atoms. The lowest BCUT2D eigenvalue weighted by Gasteiger charge is -2.23. The monoisotopic (exact) mass is 327 g/mol. The van der Waals surface area contributed by atoms with Crippen molar-refractivity contribution in [1.82, 2.24) is 24.8 Å². The zero-order valence-electron chi connectivity index (χ0n) is 14.0. The maximum absolute atomic E-state index is 5.86. The number of hydrogen-bond acceptors (Lipinski definition) is 5. The first-order valence-electron chi connectivity index (χ1n) is 9.13. The Morgan fingerprint density at radius 2 is 1.92 bits per heavy atom. The molecule has 6 heteroatoms. The van der Waals surface area contributed by atoms with Crippen LogP contribution in [0.1, 0.15) is 63.3 Å². The summed E-state index contributed by atoms with van der Waals surface area (Å²) in [6.45, 7) is 0.813. The Morgan fingerprint density at radius 3 is 2.75 bits per heavy atom. The van der Waals surface area contributed by atoms with Crippen molar-refractivity contribution >= 4 is 17.2 Å². The van der Waals surface area contributed by atoms with Gasteiger partial charge in [0.1, 0.15) is 18.1 Å². The van der Waals surface area contributed by atoms with Crippen LogP contribution < -0.4 is 5.32 Å². The normalized spacial score (nSPS) is 23.1. The third-order valence-corrected chi connectivity index (χ3v) is 5.03. The molecule has 2 aromatic rings. The van der Waals surface area contributed by atoms with Gasteiger partial charge in [-0.3, -0.25) is 4.57 Å². The molecule has 1 saturated heterocycles. The van der Waals surface area contributed by atoms with E-state index < -0.39 is 0 Å². The van der Waals surface area contributed by atoms with Gasteiger partial charge < -0.3 is 10.1 Å². The van der Waals surface area contributed by atoms with Crippen LogP contribution in [-0.4, -0.2) is 32.2 Å². The molecule has 3 heterocycles. The highest BCUT2D eigenvalue weighted by Crippen LogP contribution is 2.26. The minimum absolute atomic E-state index is 0.0517. The fraction of sp³-hybridized carbons (Fsp3) is 0.611. The molecule has 0 radical (unpaired) electrons. The highest BCUT2D eigenvalue weighted by Gasteiger charge is 2.19. The Morgan fingerprint density at radius 1 is 1.04 bits per heavy atom. The van der Waals surface area contributed by atoms with Gasteiger partial charge in [-0.05, 0) is 44.4 Å². The number of rotatable bonds is 4. The van der Waals surface area contributed by atoms with Crippen LogP contribution in [0.2, 0.25) is 0 Å². The Kier molecular flexibility index (Phi) is 4.74. The van der Waals surface area contributed by atoms with E-state index in [-0.39, 0.29) is 6.23 Å². The molecule has 1 unspecified atom stereocenters. The van der Waals surface area contributed by atoms with Crippen LogP contribution in [0.4, 0.5) is 0 Å². The second-order valence-corrected chi connectivity index (χ2v) is 6.74. The maximum Gasteiger partial charge on any atom is 0.165 e. The fourth-order valence-corrected chi connectivity index (χ4v) is 3.68. The first kappa shape index (κ1) is 15.6. The van der Waals surface area contributed by atoms with Gasteiger partial charge in [0, 0.05) is 12.6 Å². The molecular formula is C18H25N5O. The molecule has 0 aromatic carbocycles. The van der Waals surface area contributed by atoms with Gasteiger partial charge in [-0.25, -0.2) is 15.0 Å². The van der Waals surface area contributed by atoms with Crippen LogP contribution >= 0.6 is 0 Å². The van der Waals surface area contributed by atoms with E-state index in [1.165, 1.54) is 38.5 Å². The molecule has 1 N–H and O–H groups in total. The van der Waals surface area contributed by atoms with Crippen LogP contribution in [-0.2, 0) is 4.74 Å². The third-order valence-electron chi connectivity index (χ3n) is 5.03. The molecule has 1 atom stereocenters. The van der Waals surface area contributed by atoms with Crippen LogP contribution in [0, 0.1) is 0 Å². The number of fused-ring (bicyclic) bond motifs is 1. The summed E-state index contributed by atoms with van der Waals surface area (Å²) in [7, 11) is 0. The summed E-state index contributed by atoms with van der Waals surface area (Å²) in [5.74, 6) is 0. The highest BCUT2D eigenvalue weighted by atomic mass is 16.5. The maximum atomic E-state index is 5.86. The van der Waals surface area contributed by atoms with Crippen molar-refractivity contribution in [3.63, 3.8) is 0 Å². The lowest BCUT2D eigenvalue weighted by Crippen LogP contribution is -2.26. The highest BCUT2D eigenvalue weighted by molar-refractivity contribution is 5.79. The topological polar surface area (TPSA) is 64.9 Å². The van der Waals surface area contributed by atoms with Gasteiger partial charge in [0.25, 0.3) is 0 Å². The number of imidazole rings is 1. The Bertz CT molecular complexity index is 698. The average molecular weight is 327 g/mol. The lowest BCUT2D eigenvalue weighted by molar-refractivity contribution is -0.0298. The first-order valence-corrected chi connectivity index (χ1v) is 9.13. The van der Waals surface area contributed by atoms with Gasteiger partial charge in [-0.15, -0.1) is 0 Å². The van der Waals surface area contributed by atoms with Crippen LogP contribution in [0.5, 0.6) is 0 Å². The van der Waals surface area contributed by atoms with Crippen LogP contribution in [0.3, 0.4) is 0 Å². The smallest absolute Gasteiger partial charge is 0.165 e. The molecule has 128 valence electrons. The predicted molar refractivity (Wildman–Crippen MR) is 93.2 cm³/mol. The quantitative estimate of drug-likeness (QED) is 0.932. The molecule has 1 aliphatic carbocycles. The van der Waals surface area contributed by atoms with E-state index in [1.54, 1.807) is 6.33 Å². The SMILES string of the molecule is C(=C/c1ncnc2c1ncn2C1CCCCO1)/NC1CCCCC1. The predicted octanol–water partition coefficient (Wildman–Crippen LogP) is 3.42. The van der Waals surface area contributed by atoms with Crippen molar-refractivity contribution in [1.29, 1.82) is 0 Å². The van der Waals surface area contributed by atoms with Gasteiger partial charge in [0.2, 0.25) is 0 Å². The summed E-state index contributed by atoms with van der Waals surface area (Å²) in [6.07, 6.45) is 17.4. The second kappa shape index (κ2) is 7.30. The average Bonchev–Trinajstić information content (AvgIpc) is 3.08. The van der Waals surface area contributed by atoms with E-state index in [0.29, 0.717) is 6.04 Å². The number of ether oxygens (including phenoxy) is 1. The van der Waals surface area contributed by atoms with Crippen molar-refractivity contribution in [2.45, 2.75) is 63.6 Å².